The highest BCUT2D eigenvalue weighted by atomic mass is 19.4. The molecule has 6 rings (SSSR count). The van der Waals surface area contributed by atoms with Gasteiger partial charge in [-0.2, -0.15) is 13.2 Å². The van der Waals surface area contributed by atoms with Crippen LogP contribution in [0.1, 0.15) is 35.4 Å². The number of nitrogens with zero attached hydrogens (tertiary/aromatic N) is 5. The van der Waals surface area contributed by atoms with E-state index >= 15 is 0 Å². The van der Waals surface area contributed by atoms with Gasteiger partial charge in [0.25, 0.3) is 0 Å². The highest BCUT2D eigenvalue weighted by molar-refractivity contribution is 5.94. The number of rotatable bonds is 5. The van der Waals surface area contributed by atoms with Gasteiger partial charge in [-0.15, -0.1) is 0 Å². The summed E-state index contributed by atoms with van der Waals surface area (Å²) in [5, 5.41) is 7.50. The number of hydrogen-bond acceptors (Lipinski definition) is 7. The average Bonchev–Trinajstić information content (AvgIpc) is 3.74. The predicted octanol–water partition coefficient (Wildman–Crippen LogP) is 5.44. The molecule has 4 heterocycles. The molecule has 190 valence electrons. The van der Waals surface area contributed by atoms with Gasteiger partial charge in [-0.1, -0.05) is 6.07 Å². The van der Waals surface area contributed by atoms with Crippen LogP contribution >= 0.6 is 0 Å². The summed E-state index contributed by atoms with van der Waals surface area (Å²) in [6.45, 7) is 5.20. The van der Waals surface area contributed by atoms with Crippen molar-refractivity contribution in [3.63, 3.8) is 0 Å². The Morgan fingerprint density at radius 1 is 1.03 bits per heavy atom. The molecule has 4 aromatic rings. The number of hydrogen-bond donors (Lipinski definition) is 2. The summed E-state index contributed by atoms with van der Waals surface area (Å²) in [6.07, 6.45) is 3.21. The van der Waals surface area contributed by atoms with Gasteiger partial charge in [0.1, 0.15) is 11.6 Å². The molecule has 0 amide bonds. The van der Waals surface area contributed by atoms with Crippen molar-refractivity contribution in [3.8, 4) is 11.4 Å². The van der Waals surface area contributed by atoms with Crippen molar-refractivity contribution in [2.45, 2.75) is 31.9 Å². The minimum Gasteiger partial charge on any atom is -0.353 e. The van der Waals surface area contributed by atoms with Crippen LogP contribution in [0.3, 0.4) is 0 Å². The van der Waals surface area contributed by atoms with Crippen LogP contribution in [0, 0.1) is 6.92 Å². The highest BCUT2D eigenvalue weighted by Gasteiger charge is 2.31. The van der Waals surface area contributed by atoms with E-state index in [1.165, 1.54) is 11.6 Å². The van der Waals surface area contributed by atoms with E-state index in [0.717, 1.165) is 73.4 Å². The fourth-order valence-corrected chi connectivity index (χ4v) is 4.74. The van der Waals surface area contributed by atoms with Gasteiger partial charge in [-0.3, -0.25) is 4.98 Å². The molecule has 37 heavy (non-hydrogen) atoms. The summed E-state index contributed by atoms with van der Waals surface area (Å²) < 4.78 is 39.8. The molecule has 2 N–H and O–H groups in total. The summed E-state index contributed by atoms with van der Waals surface area (Å²) in [6, 6.07) is 7.20. The average molecular weight is 506 g/mol. The summed E-state index contributed by atoms with van der Waals surface area (Å²) in [4.78, 5) is 21.0. The molecule has 2 fully saturated rings. The number of benzene rings is 1. The minimum absolute atomic E-state index is 0.346. The molecule has 3 aromatic heterocycles. The van der Waals surface area contributed by atoms with Gasteiger partial charge in [-0.05, 0) is 61.1 Å². The molecule has 1 aromatic carbocycles. The van der Waals surface area contributed by atoms with Crippen molar-refractivity contribution in [3.05, 3.63) is 65.6 Å². The molecule has 7 nitrogen and oxygen atoms in total. The maximum Gasteiger partial charge on any atom is 0.416 e. The second-order valence-corrected chi connectivity index (χ2v) is 9.59. The van der Waals surface area contributed by atoms with Gasteiger partial charge in [0, 0.05) is 55.2 Å². The number of pyridine rings is 2. The Kier molecular flexibility index (Phi) is 5.91. The molecule has 1 saturated heterocycles. The number of piperazine rings is 1. The predicted molar refractivity (Wildman–Crippen MR) is 137 cm³/mol. The van der Waals surface area contributed by atoms with Crippen molar-refractivity contribution in [2.24, 2.45) is 0 Å². The van der Waals surface area contributed by atoms with Gasteiger partial charge in [0.2, 0.25) is 0 Å². The Labute approximate surface area is 212 Å². The molecule has 0 radical (unpaired) electrons. The van der Waals surface area contributed by atoms with E-state index in [-0.39, 0.29) is 0 Å². The van der Waals surface area contributed by atoms with Crippen molar-refractivity contribution in [1.29, 1.82) is 0 Å². The summed E-state index contributed by atoms with van der Waals surface area (Å²) in [7, 11) is 0. The number of aryl methyl sites for hydroxylation is 1. The van der Waals surface area contributed by atoms with E-state index in [4.69, 9.17) is 9.97 Å². The first-order chi connectivity index (χ1) is 17.9. The van der Waals surface area contributed by atoms with Gasteiger partial charge in [-0.25, -0.2) is 15.0 Å². The summed E-state index contributed by atoms with van der Waals surface area (Å²) in [5.74, 6) is 2.35. The van der Waals surface area contributed by atoms with Crippen LogP contribution in [-0.2, 0) is 6.18 Å². The third-order valence-corrected chi connectivity index (χ3v) is 6.90. The van der Waals surface area contributed by atoms with Crippen LogP contribution in [0.15, 0.2) is 48.9 Å². The van der Waals surface area contributed by atoms with E-state index in [9.17, 15) is 13.2 Å². The van der Waals surface area contributed by atoms with Crippen LogP contribution in [0.2, 0.25) is 0 Å². The molecule has 1 saturated carbocycles. The molecule has 0 spiro atoms. The third-order valence-electron chi connectivity index (χ3n) is 6.90. The monoisotopic (exact) mass is 505 g/mol. The molecule has 1 aliphatic carbocycles. The molecular weight excluding hydrogens is 479 g/mol. The highest BCUT2D eigenvalue weighted by Crippen LogP contribution is 2.45. The standard InChI is InChI=1S/C27H26F3N7/c1-16-2-5-19(27(28,29)30)13-21(16)34-23-12-18(6-7-33-23)25-35-22-15-32-14-20(17-3-4-17)24(22)26(36-25)37-10-8-31-9-11-37/h2,5-7,12-15,17,31H,3-4,8-11H2,1H3,(H,33,34). The van der Waals surface area contributed by atoms with E-state index in [1.807, 2.05) is 12.3 Å². The van der Waals surface area contributed by atoms with Gasteiger partial charge >= 0.3 is 6.18 Å². The lowest BCUT2D eigenvalue weighted by molar-refractivity contribution is -0.137. The SMILES string of the molecule is Cc1ccc(C(F)(F)F)cc1Nc1cc(-c2nc(N3CCNCC3)c3c(C4CC4)cncc3n2)ccn1. The van der Waals surface area contributed by atoms with Crippen LogP contribution in [0.4, 0.5) is 30.5 Å². The van der Waals surface area contributed by atoms with Crippen molar-refractivity contribution in [1.82, 2.24) is 25.3 Å². The summed E-state index contributed by atoms with van der Waals surface area (Å²) in [5.41, 5.74) is 3.03. The molecule has 1 aliphatic heterocycles. The molecule has 10 heteroatoms. The van der Waals surface area contributed by atoms with Crippen molar-refractivity contribution < 1.29 is 13.2 Å². The first kappa shape index (κ1) is 23.6. The van der Waals surface area contributed by atoms with Gasteiger partial charge in [0.15, 0.2) is 5.82 Å². The number of alkyl halides is 3. The normalized spacial score (nSPS) is 16.3. The first-order valence-electron chi connectivity index (χ1n) is 12.4. The maximum atomic E-state index is 13.3. The zero-order valence-corrected chi connectivity index (χ0v) is 20.3. The largest absolute Gasteiger partial charge is 0.416 e. The topological polar surface area (TPSA) is 78.9 Å². The van der Waals surface area contributed by atoms with Crippen LogP contribution in [0.25, 0.3) is 22.3 Å². The number of halogens is 3. The Balaban J connectivity index is 1.41. The fourth-order valence-electron chi connectivity index (χ4n) is 4.74. The minimum atomic E-state index is -4.42. The van der Waals surface area contributed by atoms with E-state index in [2.05, 4.69) is 25.5 Å². The Morgan fingerprint density at radius 2 is 1.84 bits per heavy atom. The van der Waals surface area contributed by atoms with Gasteiger partial charge < -0.3 is 15.5 Å². The molecule has 2 aliphatic rings. The lowest BCUT2D eigenvalue weighted by Crippen LogP contribution is -2.44. The maximum absolute atomic E-state index is 13.3. The fraction of sp³-hybridized carbons (Fsp3) is 0.333. The second kappa shape index (κ2) is 9.26. The second-order valence-electron chi connectivity index (χ2n) is 9.59. The third kappa shape index (κ3) is 4.81. The molecule has 0 bridgehead atoms. The van der Waals surface area contributed by atoms with E-state index < -0.39 is 11.7 Å². The number of anilines is 3. The molecular formula is C27H26F3N7. The zero-order chi connectivity index (χ0) is 25.6. The smallest absolute Gasteiger partial charge is 0.353 e. The Bertz CT molecular complexity index is 1460. The first-order valence-corrected chi connectivity index (χ1v) is 12.4. The Hall–Kier alpha value is -3.79. The number of nitrogens with one attached hydrogen (secondary N) is 2. The van der Waals surface area contributed by atoms with Crippen LogP contribution in [0.5, 0.6) is 0 Å². The van der Waals surface area contributed by atoms with Crippen LogP contribution in [-0.4, -0.2) is 46.1 Å². The Morgan fingerprint density at radius 3 is 2.59 bits per heavy atom. The number of aromatic nitrogens is 4. The summed E-state index contributed by atoms with van der Waals surface area (Å²) >= 11 is 0. The lowest BCUT2D eigenvalue weighted by atomic mass is 10.1. The van der Waals surface area contributed by atoms with E-state index in [1.54, 1.807) is 25.4 Å². The van der Waals surface area contributed by atoms with Crippen molar-refractivity contribution in [2.75, 3.05) is 36.4 Å². The van der Waals surface area contributed by atoms with Crippen molar-refractivity contribution >= 4 is 28.2 Å². The quantitative estimate of drug-likeness (QED) is 0.374. The zero-order valence-electron chi connectivity index (χ0n) is 20.3. The van der Waals surface area contributed by atoms with Crippen LogP contribution < -0.4 is 15.5 Å². The lowest BCUT2D eigenvalue weighted by Gasteiger charge is -2.30. The number of fused-ring (bicyclic) bond motifs is 1. The van der Waals surface area contributed by atoms with Gasteiger partial charge in [0.05, 0.1) is 17.3 Å². The van der Waals surface area contributed by atoms with E-state index in [0.29, 0.717) is 28.8 Å². The molecule has 0 atom stereocenters. The molecule has 0 unspecified atom stereocenters.